The quantitative estimate of drug-likeness (QED) is 0.388. The Hall–Kier alpha value is -1.74. The smallest absolute Gasteiger partial charge is 0.265 e. The first-order chi connectivity index (χ1) is 11.6. The molecule has 1 aliphatic rings. The second-order valence-electron chi connectivity index (χ2n) is 4.62. The highest BCUT2D eigenvalue weighted by molar-refractivity contribution is 14.1. The Morgan fingerprint density at radius 3 is 2.60 bits per heavy atom. The van der Waals surface area contributed by atoms with Crippen LogP contribution in [0.3, 0.4) is 0 Å². The van der Waals surface area contributed by atoms with E-state index in [1.807, 2.05) is 0 Å². The molecule has 0 aliphatic carbocycles. The molecule has 132 valence electrons. The van der Waals surface area contributed by atoms with Crippen LogP contribution in [0.5, 0.6) is 0 Å². The number of alkyl halides is 3. The fourth-order valence-corrected chi connectivity index (χ4v) is 4.94. The molecule has 2 heterocycles. The van der Waals surface area contributed by atoms with Gasteiger partial charge in [-0.05, 0) is 12.1 Å². The van der Waals surface area contributed by atoms with Crippen molar-refractivity contribution in [2.45, 2.75) is 11.1 Å². The number of hydrazone groups is 1. The van der Waals surface area contributed by atoms with Gasteiger partial charge < -0.3 is 0 Å². The molecule has 1 N–H and O–H groups in total. The SMILES string of the molecule is O=C1C(=NNc2nc(C(F)(F)F)cs2)S(=O)(=O)c2ccccc2N1I. The van der Waals surface area contributed by atoms with Crippen molar-refractivity contribution in [3.63, 3.8) is 0 Å². The van der Waals surface area contributed by atoms with Crippen molar-refractivity contribution >= 4 is 65.8 Å². The summed E-state index contributed by atoms with van der Waals surface area (Å²) in [5.74, 6) is -0.917. The van der Waals surface area contributed by atoms with Crippen molar-refractivity contribution in [2.75, 3.05) is 8.54 Å². The Morgan fingerprint density at radius 2 is 1.96 bits per heavy atom. The zero-order chi connectivity index (χ0) is 18.4. The lowest BCUT2D eigenvalue weighted by molar-refractivity contribution is -0.140. The van der Waals surface area contributed by atoms with Crippen molar-refractivity contribution < 1.29 is 26.4 Å². The molecular weight excluding hydrogens is 496 g/mol. The van der Waals surface area contributed by atoms with Crippen LogP contribution in [0.25, 0.3) is 0 Å². The number of halogens is 4. The lowest BCUT2D eigenvalue weighted by Crippen LogP contribution is -2.40. The van der Waals surface area contributed by atoms with Crippen LogP contribution in [-0.4, -0.2) is 24.4 Å². The monoisotopic (exact) mass is 502 g/mol. The number of nitrogens with zero attached hydrogens (tertiary/aromatic N) is 3. The summed E-state index contributed by atoms with van der Waals surface area (Å²) in [4.78, 5) is 15.4. The van der Waals surface area contributed by atoms with Crippen LogP contribution in [0.1, 0.15) is 5.69 Å². The minimum atomic E-state index is -4.63. The second kappa shape index (κ2) is 6.21. The first kappa shape index (κ1) is 18.1. The minimum Gasteiger partial charge on any atom is -0.265 e. The minimum absolute atomic E-state index is 0.125. The summed E-state index contributed by atoms with van der Waals surface area (Å²) in [6.45, 7) is 0. The van der Waals surface area contributed by atoms with Crippen LogP contribution in [0, 0.1) is 0 Å². The Balaban J connectivity index is 1.98. The van der Waals surface area contributed by atoms with Crippen molar-refractivity contribution in [3.8, 4) is 0 Å². The summed E-state index contributed by atoms with van der Waals surface area (Å²) in [6, 6.07) is 5.82. The average Bonchev–Trinajstić information content (AvgIpc) is 3.02. The molecule has 1 aliphatic heterocycles. The summed E-state index contributed by atoms with van der Waals surface area (Å²) >= 11 is 2.21. The van der Waals surface area contributed by atoms with Crippen molar-refractivity contribution in [1.82, 2.24) is 4.98 Å². The first-order valence-corrected chi connectivity index (χ1v) is 9.66. The maximum Gasteiger partial charge on any atom is 0.434 e. The fourth-order valence-electron chi connectivity index (χ4n) is 1.92. The third-order valence-electron chi connectivity index (χ3n) is 3.03. The fraction of sp³-hybridized carbons (Fsp3) is 0.0833. The molecule has 13 heteroatoms. The van der Waals surface area contributed by atoms with E-state index in [1.165, 1.54) is 18.2 Å². The Bertz CT molecular complexity index is 987. The number of para-hydroxylation sites is 1. The highest BCUT2D eigenvalue weighted by Gasteiger charge is 2.41. The van der Waals surface area contributed by atoms with E-state index in [0.29, 0.717) is 11.3 Å². The van der Waals surface area contributed by atoms with Gasteiger partial charge in [-0.2, -0.15) is 18.3 Å². The van der Waals surface area contributed by atoms with Gasteiger partial charge in [0.15, 0.2) is 5.69 Å². The molecule has 0 radical (unpaired) electrons. The average molecular weight is 502 g/mol. The standard InChI is InChI=1S/C12H6F3IN4O3S2/c13-12(14,15)8-5-24-11(17-8)19-18-9-10(21)20(16)6-3-1-2-4-7(6)25(9,22)23/h1-5H,(H,17,19). The predicted molar refractivity (Wildman–Crippen MR) is 93.3 cm³/mol. The van der Waals surface area contributed by atoms with E-state index in [2.05, 4.69) is 15.5 Å². The summed E-state index contributed by atoms with van der Waals surface area (Å²) in [6.07, 6.45) is -4.63. The molecule has 1 aromatic carbocycles. The van der Waals surface area contributed by atoms with Crippen LogP contribution >= 0.6 is 34.2 Å². The summed E-state index contributed by atoms with van der Waals surface area (Å²) in [5, 5.41) is 3.13. The molecule has 0 bridgehead atoms. The topological polar surface area (TPSA) is 91.7 Å². The molecule has 1 amide bonds. The second-order valence-corrected chi connectivity index (χ2v) is 8.28. The largest absolute Gasteiger partial charge is 0.434 e. The van der Waals surface area contributed by atoms with Crippen molar-refractivity contribution in [1.29, 1.82) is 0 Å². The van der Waals surface area contributed by atoms with Gasteiger partial charge in [-0.3, -0.25) is 10.2 Å². The molecule has 1 aromatic heterocycles. The van der Waals surface area contributed by atoms with Gasteiger partial charge in [-0.15, -0.1) is 11.3 Å². The first-order valence-electron chi connectivity index (χ1n) is 6.33. The molecule has 0 atom stereocenters. The Kier molecular flexibility index (Phi) is 4.48. The molecular formula is C12H6F3IN4O3S2. The van der Waals surface area contributed by atoms with E-state index in [-0.39, 0.29) is 15.7 Å². The third kappa shape index (κ3) is 3.22. The van der Waals surface area contributed by atoms with Crippen molar-refractivity contribution in [3.05, 3.63) is 35.3 Å². The Labute approximate surface area is 157 Å². The number of rotatable bonds is 2. The molecule has 0 spiro atoms. The van der Waals surface area contributed by atoms with Gasteiger partial charge in [0.05, 0.1) is 33.4 Å². The number of fused-ring (bicyclic) bond motifs is 1. The van der Waals surface area contributed by atoms with Gasteiger partial charge in [0.1, 0.15) is 0 Å². The van der Waals surface area contributed by atoms with E-state index in [9.17, 15) is 26.4 Å². The van der Waals surface area contributed by atoms with Crippen LogP contribution in [-0.2, 0) is 20.8 Å². The van der Waals surface area contributed by atoms with E-state index in [1.54, 1.807) is 28.9 Å². The number of benzene rings is 1. The number of hydrogen-bond acceptors (Lipinski definition) is 7. The molecule has 0 fully saturated rings. The van der Waals surface area contributed by atoms with Gasteiger partial charge in [0.25, 0.3) is 5.91 Å². The normalized spacial score (nSPS) is 18.3. The van der Waals surface area contributed by atoms with E-state index < -0.39 is 32.7 Å². The highest BCUT2D eigenvalue weighted by Crippen LogP contribution is 2.35. The number of aromatic nitrogens is 1. The van der Waals surface area contributed by atoms with E-state index in [4.69, 9.17) is 0 Å². The lowest BCUT2D eigenvalue weighted by atomic mass is 10.3. The number of carbonyl (C=O) groups excluding carboxylic acids is 1. The zero-order valence-corrected chi connectivity index (χ0v) is 15.6. The van der Waals surface area contributed by atoms with Gasteiger partial charge >= 0.3 is 6.18 Å². The number of thiazole rings is 1. The van der Waals surface area contributed by atoms with E-state index in [0.717, 1.165) is 8.49 Å². The summed E-state index contributed by atoms with van der Waals surface area (Å²) in [5.41, 5.74) is 1.15. The van der Waals surface area contributed by atoms with Gasteiger partial charge in [0.2, 0.25) is 20.0 Å². The molecule has 0 saturated carbocycles. The molecule has 25 heavy (non-hydrogen) atoms. The lowest BCUT2D eigenvalue weighted by Gasteiger charge is -2.23. The number of carbonyl (C=O) groups is 1. The molecule has 0 unspecified atom stereocenters. The third-order valence-corrected chi connectivity index (χ3v) is 6.43. The van der Waals surface area contributed by atoms with Crippen molar-refractivity contribution in [2.24, 2.45) is 5.10 Å². The molecule has 2 aromatic rings. The number of anilines is 2. The van der Waals surface area contributed by atoms with Crippen LogP contribution in [0.4, 0.5) is 24.0 Å². The van der Waals surface area contributed by atoms with Gasteiger partial charge in [-0.1, -0.05) is 12.1 Å². The highest BCUT2D eigenvalue weighted by atomic mass is 127. The zero-order valence-electron chi connectivity index (χ0n) is 11.8. The number of sulfone groups is 1. The molecule has 7 nitrogen and oxygen atoms in total. The van der Waals surface area contributed by atoms with Gasteiger partial charge in [-0.25, -0.2) is 16.5 Å². The predicted octanol–water partition coefficient (Wildman–Crippen LogP) is 3.06. The Morgan fingerprint density at radius 1 is 1.28 bits per heavy atom. The summed E-state index contributed by atoms with van der Waals surface area (Å²) < 4.78 is 63.7. The molecule has 3 rings (SSSR count). The number of hydrogen-bond donors (Lipinski definition) is 1. The van der Waals surface area contributed by atoms with Crippen LogP contribution in [0.15, 0.2) is 39.6 Å². The number of nitrogens with one attached hydrogen (secondary N) is 1. The summed E-state index contributed by atoms with van der Waals surface area (Å²) in [7, 11) is -4.21. The van der Waals surface area contributed by atoms with E-state index >= 15 is 0 Å². The number of amides is 1. The molecule has 0 saturated heterocycles. The van der Waals surface area contributed by atoms with Crippen LogP contribution < -0.4 is 8.54 Å². The van der Waals surface area contributed by atoms with Gasteiger partial charge in [0, 0.05) is 5.38 Å². The maximum absolute atomic E-state index is 12.5. The maximum atomic E-state index is 12.5. The van der Waals surface area contributed by atoms with Crippen LogP contribution in [0.2, 0.25) is 0 Å².